The number of hydrogen-bond acceptors (Lipinski definition) is 5. The van der Waals surface area contributed by atoms with E-state index in [1.54, 1.807) is 42.5 Å². The molecule has 2 heterocycles. The van der Waals surface area contributed by atoms with Crippen LogP contribution < -0.4 is 20.5 Å². The summed E-state index contributed by atoms with van der Waals surface area (Å²) in [5.74, 6) is -0.933. The summed E-state index contributed by atoms with van der Waals surface area (Å²) < 4.78 is 1.75. The molecule has 2 aromatic carbocycles. The highest BCUT2D eigenvalue weighted by Gasteiger charge is 2.33. The molecule has 0 saturated heterocycles. The van der Waals surface area contributed by atoms with Crippen molar-refractivity contribution in [3.63, 3.8) is 0 Å². The van der Waals surface area contributed by atoms with Gasteiger partial charge in [0.05, 0.1) is 53.8 Å². The first-order valence-corrected chi connectivity index (χ1v) is 11.3. The van der Waals surface area contributed by atoms with E-state index in [2.05, 4.69) is 6.07 Å². The number of thiazole rings is 1. The summed E-state index contributed by atoms with van der Waals surface area (Å²) >= 11 is 26.0. The molecular formula is C22H10Cl4N4OS. The fraction of sp³-hybridized carbons (Fsp3) is 0.0455. The standard InChI is InChI=1S/C22H10Cl4N4OS/c23-14-5-1-3-10(18(14)25)7-16-21(31)30-20(29)12(8-27)17(13(9-28)22(30)32-16)11-4-2-6-15(24)19(11)26/h1-7,17H,29H2/b16-7-/t17-/m1/s1. The van der Waals surface area contributed by atoms with Gasteiger partial charge in [0.15, 0.2) is 0 Å². The van der Waals surface area contributed by atoms with E-state index in [1.807, 2.05) is 6.07 Å². The summed E-state index contributed by atoms with van der Waals surface area (Å²) in [6.07, 6.45) is 1.57. The van der Waals surface area contributed by atoms with E-state index in [-0.39, 0.29) is 31.5 Å². The molecule has 0 spiro atoms. The van der Waals surface area contributed by atoms with Gasteiger partial charge in [0.25, 0.3) is 5.56 Å². The van der Waals surface area contributed by atoms with Crippen molar-refractivity contribution in [3.05, 3.63) is 92.7 Å². The third kappa shape index (κ3) is 3.51. The highest BCUT2D eigenvalue weighted by atomic mass is 35.5. The molecule has 0 saturated carbocycles. The average Bonchev–Trinajstić information content (AvgIpc) is 3.09. The maximum atomic E-state index is 13.2. The first-order chi connectivity index (χ1) is 15.3. The lowest BCUT2D eigenvalue weighted by atomic mass is 9.84. The Morgan fingerprint density at radius 2 is 1.59 bits per heavy atom. The number of hydrogen-bond donors (Lipinski definition) is 1. The molecule has 1 aromatic heterocycles. The topological polar surface area (TPSA) is 95.6 Å². The number of benzene rings is 2. The SMILES string of the molecule is N#CC1=C(N)n2c(s/c(=C\c3cccc(Cl)c3Cl)c2=O)=C(C#N)[C@@H]1c1cccc(Cl)c1Cl. The Bertz CT molecular complexity index is 1590. The number of aromatic nitrogens is 1. The minimum atomic E-state index is -0.864. The quantitative estimate of drug-likeness (QED) is 0.540. The number of fused-ring (bicyclic) bond motifs is 1. The van der Waals surface area contributed by atoms with E-state index < -0.39 is 11.5 Å². The van der Waals surface area contributed by atoms with Crippen LogP contribution in [0.2, 0.25) is 20.1 Å². The third-order valence-electron chi connectivity index (χ3n) is 4.95. The Hall–Kier alpha value is -2.71. The van der Waals surface area contributed by atoms with Crippen LogP contribution in [0.4, 0.5) is 0 Å². The predicted molar refractivity (Wildman–Crippen MR) is 129 cm³/mol. The molecule has 4 rings (SSSR count). The lowest BCUT2D eigenvalue weighted by Gasteiger charge is -2.23. The second kappa shape index (κ2) is 8.67. The third-order valence-corrected chi connectivity index (χ3v) is 7.72. The zero-order chi connectivity index (χ0) is 23.2. The van der Waals surface area contributed by atoms with E-state index in [0.717, 1.165) is 11.3 Å². The maximum Gasteiger partial charge on any atom is 0.274 e. The van der Waals surface area contributed by atoms with Crippen LogP contribution in [-0.4, -0.2) is 4.57 Å². The number of nitriles is 2. The molecule has 0 unspecified atom stereocenters. The molecule has 3 aromatic rings. The zero-order valence-corrected chi connectivity index (χ0v) is 19.7. The van der Waals surface area contributed by atoms with Crippen molar-refractivity contribution in [2.75, 3.05) is 0 Å². The van der Waals surface area contributed by atoms with Crippen molar-refractivity contribution < 1.29 is 0 Å². The molecule has 5 nitrogen and oxygen atoms in total. The fourth-order valence-electron chi connectivity index (χ4n) is 3.48. The number of nitrogens with zero attached hydrogens (tertiary/aromatic N) is 3. The van der Waals surface area contributed by atoms with Gasteiger partial charge in [-0.1, -0.05) is 70.7 Å². The van der Waals surface area contributed by atoms with Gasteiger partial charge in [-0.15, -0.1) is 11.3 Å². The van der Waals surface area contributed by atoms with Crippen molar-refractivity contribution in [2.45, 2.75) is 5.92 Å². The Labute approximate surface area is 206 Å². The van der Waals surface area contributed by atoms with E-state index in [4.69, 9.17) is 52.1 Å². The van der Waals surface area contributed by atoms with E-state index in [9.17, 15) is 15.3 Å². The van der Waals surface area contributed by atoms with Gasteiger partial charge >= 0.3 is 0 Å². The largest absolute Gasteiger partial charge is 0.384 e. The van der Waals surface area contributed by atoms with Crippen LogP contribution in [-0.2, 0) is 0 Å². The van der Waals surface area contributed by atoms with Gasteiger partial charge in [-0.2, -0.15) is 10.5 Å². The first kappa shape index (κ1) is 22.5. The van der Waals surface area contributed by atoms with Crippen molar-refractivity contribution in [1.29, 1.82) is 10.5 Å². The van der Waals surface area contributed by atoms with Crippen LogP contribution in [0.3, 0.4) is 0 Å². The van der Waals surface area contributed by atoms with E-state index >= 15 is 0 Å². The summed E-state index contributed by atoms with van der Waals surface area (Å²) in [6.45, 7) is 0. The number of halogens is 4. The predicted octanol–water partition coefficient (Wildman–Crippen LogP) is 4.47. The van der Waals surface area contributed by atoms with Gasteiger partial charge in [0, 0.05) is 0 Å². The van der Waals surface area contributed by atoms with Crippen LogP contribution in [0.5, 0.6) is 0 Å². The molecule has 0 fully saturated rings. The minimum Gasteiger partial charge on any atom is -0.384 e. The Morgan fingerprint density at radius 3 is 2.25 bits per heavy atom. The summed E-state index contributed by atoms with van der Waals surface area (Å²) in [6, 6.07) is 14.1. The van der Waals surface area contributed by atoms with Crippen molar-refractivity contribution >= 4 is 75.2 Å². The fourth-order valence-corrected chi connectivity index (χ4v) is 5.38. The van der Waals surface area contributed by atoms with Gasteiger partial charge in [-0.25, -0.2) is 0 Å². The van der Waals surface area contributed by atoms with Gasteiger partial charge in [-0.05, 0) is 29.3 Å². The molecule has 158 valence electrons. The van der Waals surface area contributed by atoms with Crippen molar-refractivity contribution in [1.82, 2.24) is 4.57 Å². The molecule has 32 heavy (non-hydrogen) atoms. The maximum absolute atomic E-state index is 13.2. The molecule has 0 radical (unpaired) electrons. The molecule has 1 aliphatic heterocycles. The lowest BCUT2D eigenvalue weighted by molar-refractivity contribution is 0.906. The highest BCUT2D eigenvalue weighted by molar-refractivity contribution is 7.07. The van der Waals surface area contributed by atoms with Crippen molar-refractivity contribution in [3.8, 4) is 12.1 Å². The van der Waals surface area contributed by atoms with E-state index in [1.165, 1.54) is 4.57 Å². The van der Waals surface area contributed by atoms with Gasteiger partial charge in [0.1, 0.15) is 10.5 Å². The lowest BCUT2D eigenvalue weighted by Crippen LogP contribution is -2.38. The summed E-state index contributed by atoms with van der Waals surface area (Å²) in [5, 5.41) is 21.0. The smallest absolute Gasteiger partial charge is 0.274 e. The summed E-state index contributed by atoms with van der Waals surface area (Å²) in [5.41, 5.74) is 6.97. The molecule has 2 N–H and O–H groups in total. The Kier molecular flexibility index (Phi) is 6.09. The van der Waals surface area contributed by atoms with Crippen molar-refractivity contribution in [2.24, 2.45) is 5.73 Å². The molecule has 1 atom stereocenters. The van der Waals surface area contributed by atoms with E-state index in [0.29, 0.717) is 25.8 Å². The molecule has 0 bridgehead atoms. The molecule has 1 aliphatic rings. The minimum absolute atomic E-state index is 0.0328. The zero-order valence-electron chi connectivity index (χ0n) is 15.9. The summed E-state index contributed by atoms with van der Waals surface area (Å²) in [7, 11) is 0. The molecular weight excluding hydrogens is 510 g/mol. The van der Waals surface area contributed by atoms with Crippen LogP contribution in [0, 0.1) is 22.7 Å². The second-order valence-corrected chi connectivity index (χ2v) is 9.31. The normalized spacial score (nSPS) is 16.0. The monoisotopic (exact) mass is 518 g/mol. The van der Waals surface area contributed by atoms with Gasteiger partial charge in [0.2, 0.25) is 0 Å². The van der Waals surface area contributed by atoms with Crippen LogP contribution in [0.15, 0.2) is 46.8 Å². The second-order valence-electron chi connectivity index (χ2n) is 6.71. The Morgan fingerprint density at radius 1 is 0.969 bits per heavy atom. The first-order valence-electron chi connectivity index (χ1n) is 8.96. The van der Waals surface area contributed by atoms with Gasteiger partial charge in [-0.3, -0.25) is 9.36 Å². The average molecular weight is 520 g/mol. The van der Waals surface area contributed by atoms with Crippen LogP contribution in [0.1, 0.15) is 17.0 Å². The summed E-state index contributed by atoms with van der Waals surface area (Å²) in [4.78, 5) is 13.2. The number of rotatable bonds is 2. The number of nitrogens with two attached hydrogens (primary N) is 1. The molecule has 10 heteroatoms. The molecule has 0 amide bonds. The Balaban J connectivity index is 2.10. The van der Waals surface area contributed by atoms with Crippen LogP contribution in [0.25, 0.3) is 17.5 Å². The molecule has 0 aliphatic carbocycles. The highest BCUT2D eigenvalue weighted by Crippen LogP contribution is 2.41. The van der Waals surface area contributed by atoms with Crippen LogP contribution >= 0.6 is 57.7 Å². The van der Waals surface area contributed by atoms with Gasteiger partial charge < -0.3 is 5.73 Å². The number of allylic oxidation sites excluding steroid dienone is 1.